The van der Waals surface area contributed by atoms with Gasteiger partial charge in [0, 0.05) is 115 Å². The van der Waals surface area contributed by atoms with Crippen LogP contribution in [0.1, 0.15) is 96.7 Å². The zero-order valence-electron chi connectivity index (χ0n) is 46.5. The molecule has 24 heteroatoms. The van der Waals surface area contributed by atoms with Crippen molar-refractivity contribution in [1.82, 2.24) is 58.1 Å². The highest BCUT2D eigenvalue weighted by molar-refractivity contribution is 5.77. The van der Waals surface area contributed by atoms with Crippen molar-refractivity contribution in [2.45, 2.75) is 115 Å². The number of ether oxygens (including phenoxy) is 3. The van der Waals surface area contributed by atoms with Crippen molar-refractivity contribution < 1.29 is 41.8 Å². The van der Waals surface area contributed by atoms with Gasteiger partial charge < -0.3 is 43.9 Å². The number of piperidine rings is 3. The first-order valence-electron chi connectivity index (χ1n) is 28.9. The number of hydrogen-bond acceptors (Lipinski definition) is 12. The molecule has 3 N–H and O–H groups in total. The van der Waals surface area contributed by atoms with Crippen molar-refractivity contribution in [1.29, 1.82) is 0 Å². The van der Waals surface area contributed by atoms with Crippen LogP contribution < -0.4 is 17.1 Å². The molecule has 6 aliphatic rings. The number of H-pyrrole nitrogens is 3. The minimum Gasteiger partial charge on any atom is -0.450 e. The van der Waals surface area contributed by atoms with Gasteiger partial charge in [-0.15, -0.1) is 0 Å². The topological polar surface area (TPSA) is 212 Å². The smallest absolute Gasteiger partial charge is 0.409 e. The van der Waals surface area contributed by atoms with Crippen LogP contribution in [0.5, 0.6) is 0 Å². The van der Waals surface area contributed by atoms with Crippen molar-refractivity contribution in [2.24, 2.45) is 0 Å². The summed E-state index contributed by atoms with van der Waals surface area (Å²) in [6, 6.07) is 14.4. The Bertz CT molecular complexity index is 3000. The van der Waals surface area contributed by atoms with Crippen LogP contribution in [0.15, 0.2) is 69.0 Å². The number of aromatic nitrogens is 6. The SMILES string of the molecule is CCOC(=O)N1CCC(N2CCC(n3c(=O)[nH]c4ccc(F)cc43)CC2)C1.CCOC(=O)N1CC[C@@H](N2CCC(n3c(=O)[nH]c4ccc(F)cc43)CC2)C1.CCOC(=O)N1CC[C@H](N2CCC(n3c(=O)[nH]c4ccc(F)cc43)CC2)C1. The predicted molar refractivity (Wildman–Crippen MR) is 298 cm³/mol. The average Bonchev–Trinajstić information content (AvgIpc) is 4.55. The fourth-order valence-electron chi connectivity index (χ4n) is 13.2. The predicted octanol–water partition coefficient (Wildman–Crippen LogP) is 7.01. The monoisotopic (exact) mass is 1130 g/mol. The quantitative estimate of drug-likeness (QED) is 0.125. The van der Waals surface area contributed by atoms with E-state index in [9.17, 15) is 41.9 Å². The third-order valence-electron chi connectivity index (χ3n) is 17.2. The van der Waals surface area contributed by atoms with E-state index in [2.05, 4.69) is 29.7 Å². The van der Waals surface area contributed by atoms with Gasteiger partial charge in [0.1, 0.15) is 17.5 Å². The Morgan fingerprint density at radius 2 is 0.654 bits per heavy atom. The molecule has 1 unspecified atom stereocenters. The van der Waals surface area contributed by atoms with Gasteiger partial charge in [0.25, 0.3) is 0 Å². The molecule has 0 bridgehead atoms. The van der Waals surface area contributed by atoms with Gasteiger partial charge in [-0.1, -0.05) is 0 Å². The van der Waals surface area contributed by atoms with Gasteiger partial charge in [-0.2, -0.15) is 0 Å². The normalized spacial score (nSPS) is 21.9. The summed E-state index contributed by atoms with van der Waals surface area (Å²) in [7, 11) is 0. The summed E-state index contributed by atoms with van der Waals surface area (Å²) < 4.78 is 61.3. The maximum atomic E-state index is 13.6. The van der Waals surface area contributed by atoms with Gasteiger partial charge in [0.15, 0.2) is 0 Å². The van der Waals surface area contributed by atoms with Crippen molar-refractivity contribution in [3.8, 4) is 0 Å². The Morgan fingerprint density at radius 1 is 0.407 bits per heavy atom. The molecular formula is C57H75F3N12O9. The number of benzene rings is 3. The lowest BCUT2D eigenvalue weighted by Crippen LogP contribution is -2.44. The molecule has 3 amide bonds. The van der Waals surface area contributed by atoms with E-state index in [0.717, 1.165) is 117 Å². The number of rotatable bonds is 9. The number of halogens is 3. The molecule has 3 atom stereocenters. The Balaban J connectivity index is 0.000000136. The maximum absolute atomic E-state index is 13.6. The average molecular weight is 1130 g/mol. The van der Waals surface area contributed by atoms with Crippen LogP contribution in [-0.4, -0.2) is 193 Å². The third-order valence-corrected chi connectivity index (χ3v) is 17.2. The molecule has 12 rings (SSSR count). The fourth-order valence-corrected chi connectivity index (χ4v) is 13.2. The number of nitrogens with zero attached hydrogens (tertiary/aromatic N) is 9. The summed E-state index contributed by atoms with van der Waals surface area (Å²) in [5, 5.41) is 0. The van der Waals surface area contributed by atoms with Crippen LogP contribution in [-0.2, 0) is 14.2 Å². The Labute approximate surface area is 466 Å². The Morgan fingerprint density at radius 3 is 0.901 bits per heavy atom. The standard InChI is InChI=1S/3C19H25FN4O3/c3*1-2-27-19(26)23-10-7-15(12-23)22-8-5-14(6-9-22)24-17-11-13(20)3-4-16(17)21-18(24)25/h3*3-4,11,14-15H,2,5-10,12H2,1H3,(H,21,25)/t2*15-;/m10./s1. The zero-order chi connectivity index (χ0) is 56.9. The van der Waals surface area contributed by atoms with E-state index >= 15 is 0 Å². The van der Waals surface area contributed by atoms with E-state index < -0.39 is 0 Å². The van der Waals surface area contributed by atoms with E-state index in [1.165, 1.54) is 36.4 Å². The zero-order valence-corrected chi connectivity index (χ0v) is 46.5. The molecule has 0 aliphatic carbocycles. The van der Waals surface area contributed by atoms with Gasteiger partial charge in [-0.05, 0) is 133 Å². The van der Waals surface area contributed by atoms with Crippen LogP contribution >= 0.6 is 0 Å². The Hall–Kier alpha value is -7.05. The van der Waals surface area contributed by atoms with Gasteiger partial charge in [-0.3, -0.25) is 28.4 Å². The lowest BCUT2D eigenvalue weighted by Gasteiger charge is -2.36. The minimum absolute atomic E-state index is 0.0619. The molecular weight excluding hydrogens is 1050 g/mol. The fraction of sp³-hybridized carbons (Fsp3) is 0.579. The lowest BCUT2D eigenvalue weighted by molar-refractivity contribution is 0.104. The van der Waals surface area contributed by atoms with E-state index in [-0.39, 0.29) is 70.9 Å². The molecule has 6 aliphatic heterocycles. The number of carbonyl (C=O) groups excluding carboxylic acids is 3. The molecule has 3 aromatic heterocycles. The number of nitrogens with one attached hydrogen (secondary N) is 3. The molecule has 3 aromatic carbocycles. The number of aromatic amines is 3. The summed E-state index contributed by atoms with van der Waals surface area (Å²) in [5.41, 5.74) is 3.38. The summed E-state index contributed by atoms with van der Waals surface area (Å²) in [6.07, 6.45) is 7.13. The molecule has 6 fully saturated rings. The largest absolute Gasteiger partial charge is 0.450 e. The molecule has 6 aromatic rings. The van der Waals surface area contributed by atoms with Crippen LogP contribution in [0.25, 0.3) is 33.1 Å². The molecule has 0 radical (unpaired) electrons. The van der Waals surface area contributed by atoms with E-state index in [1.807, 2.05) is 20.8 Å². The van der Waals surface area contributed by atoms with Gasteiger partial charge in [0.05, 0.1) is 52.9 Å². The summed E-state index contributed by atoms with van der Waals surface area (Å²) >= 11 is 0. The molecule has 0 saturated carbocycles. The molecule has 6 saturated heterocycles. The molecule has 0 spiro atoms. The van der Waals surface area contributed by atoms with Crippen LogP contribution in [0.3, 0.4) is 0 Å². The molecule has 81 heavy (non-hydrogen) atoms. The second kappa shape index (κ2) is 25.4. The highest BCUT2D eigenvalue weighted by Crippen LogP contribution is 2.32. The van der Waals surface area contributed by atoms with E-state index in [4.69, 9.17) is 14.2 Å². The molecule has 9 heterocycles. The van der Waals surface area contributed by atoms with Crippen LogP contribution in [0, 0.1) is 17.5 Å². The first-order chi connectivity index (χ1) is 39.2. The van der Waals surface area contributed by atoms with Gasteiger partial charge in [-0.25, -0.2) is 41.9 Å². The first kappa shape index (κ1) is 57.2. The van der Waals surface area contributed by atoms with E-state index in [1.54, 1.807) is 46.6 Å². The first-order valence-corrected chi connectivity index (χ1v) is 28.9. The number of carbonyl (C=O) groups is 3. The Kier molecular flexibility index (Phi) is 17.9. The molecule has 21 nitrogen and oxygen atoms in total. The summed E-state index contributed by atoms with van der Waals surface area (Å²) in [5.74, 6) is -1.01. The van der Waals surface area contributed by atoms with Crippen LogP contribution in [0.4, 0.5) is 27.6 Å². The highest BCUT2D eigenvalue weighted by atomic mass is 19.1. The summed E-state index contributed by atoms with van der Waals surface area (Å²) in [6.45, 7) is 16.1. The number of likely N-dealkylation sites (tertiary alicyclic amines) is 6. The molecule has 438 valence electrons. The second-order valence-electron chi connectivity index (χ2n) is 21.9. The van der Waals surface area contributed by atoms with Gasteiger partial charge >= 0.3 is 35.3 Å². The number of fused-ring (bicyclic) bond motifs is 3. The maximum Gasteiger partial charge on any atom is 0.409 e. The van der Waals surface area contributed by atoms with Crippen molar-refractivity contribution in [3.63, 3.8) is 0 Å². The van der Waals surface area contributed by atoms with Crippen molar-refractivity contribution >= 4 is 51.4 Å². The summed E-state index contributed by atoms with van der Waals surface area (Å²) in [4.78, 5) is 93.8. The van der Waals surface area contributed by atoms with Gasteiger partial charge in [0.2, 0.25) is 0 Å². The van der Waals surface area contributed by atoms with Crippen molar-refractivity contribution in [2.75, 3.05) is 98.4 Å². The van der Waals surface area contributed by atoms with Crippen molar-refractivity contribution in [3.05, 3.63) is 104 Å². The third kappa shape index (κ3) is 12.7. The van der Waals surface area contributed by atoms with Crippen LogP contribution in [0.2, 0.25) is 0 Å². The lowest BCUT2D eigenvalue weighted by atomic mass is 10.0. The van der Waals surface area contributed by atoms with E-state index in [0.29, 0.717) is 90.7 Å². The minimum atomic E-state index is -0.335. The highest BCUT2D eigenvalue weighted by Gasteiger charge is 2.37. The number of amides is 3. The number of hydrogen-bond donors (Lipinski definition) is 3. The second-order valence-corrected chi connectivity index (χ2v) is 21.9. The number of imidazole rings is 3.